The summed E-state index contributed by atoms with van der Waals surface area (Å²) >= 11 is 0. The van der Waals surface area contributed by atoms with Crippen LogP contribution < -0.4 is 4.74 Å². The summed E-state index contributed by atoms with van der Waals surface area (Å²) in [5, 5.41) is 0. The normalized spacial score (nSPS) is 9.38. The summed E-state index contributed by atoms with van der Waals surface area (Å²) in [6, 6.07) is 5.95. The van der Waals surface area contributed by atoms with Gasteiger partial charge in [-0.3, -0.25) is 0 Å². The van der Waals surface area contributed by atoms with E-state index in [1.54, 1.807) is 6.08 Å². The highest BCUT2D eigenvalue weighted by atomic mass is 16.5. The summed E-state index contributed by atoms with van der Waals surface area (Å²) in [7, 11) is 0. The minimum Gasteiger partial charge on any atom is -0.458 e. The Kier molecular flexibility index (Phi) is 2.91. The molecule has 0 atom stereocenters. The lowest BCUT2D eigenvalue weighted by Gasteiger charge is -2.09. The van der Waals surface area contributed by atoms with E-state index in [4.69, 9.17) is 4.74 Å². The maximum atomic E-state index is 5.46. The van der Waals surface area contributed by atoms with Crippen molar-refractivity contribution < 1.29 is 4.74 Å². The smallest absolute Gasteiger partial charge is 0.130 e. The van der Waals surface area contributed by atoms with Crippen LogP contribution in [-0.4, -0.2) is 0 Å². The Morgan fingerprint density at radius 3 is 2.69 bits per heavy atom. The Morgan fingerprint density at radius 1 is 1.38 bits per heavy atom. The largest absolute Gasteiger partial charge is 0.458 e. The van der Waals surface area contributed by atoms with Crippen molar-refractivity contribution in [1.29, 1.82) is 0 Å². The maximum absolute atomic E-state index is 5.46. The number of allylic oxidation sites excluding steroid dienone is 1. The molecule has 0 aliphatic rings. The van der Waals surface area contributed by atoms with Crippen LogP contribution in [0.3, 0.4) is 0 Å². The molecule has 0 amide bonds. The predicted molar refractivity (Wildman–Crippen MR) is 55.9 cm³/mol. The first-order chi connectivity index (χ1) is 6.15. The van der Waals surface area contributed by atoms with E-state index in [1.807, 2.05) is 19.1 Å². The first-order valence-corrected chi connectivity index (χ1v) is 4.20. The van der Waals surface area contributed by atoms with Gasteiger partial charge in [0, 0.05) is 0 Å². The molecule has 0 bridgehead atoms. The van der Waals surface area contributed by atoms with Gasteiger partial charge in [0.1, 0.15) is 11.5 Å². The minimum atomic E-state index is 0.577. The maximum Gasteiger partial charge on any atom is 0.130 e. The van der Waals surface area contributed by atoms with Crippen LogP contribution >= 0.6 is 0 Å². The average molecular weight is 174 g/mol. The molecule has 1 aromatic carbocycles. The topological polar surface area (TPSA) is 9.23 Å². The lowest BCUT2D eigenvalue weighted by molar-refractivity contribution is 0.443. The van der Waals surface area contributed by atoms with Crippen molar-refractivity contribution in [3.05, 3.63) is 54.3 Å². The predicted octanol–water partition coefficient (Wildman–Crippen LogP) is 3.38. The molecule has 0 saturated heterocycles. The number of benzene rings is 1. The third-order valence-electron chi connectivity index (χ3n) is 2.02. The highest BCUT2D eigenvalue weighted by Crippen LogP contribution is 2.22. The molecule has 0 unspecified atom stereocenters. The molecule has 0 aromatic heterocycles. The van der Waals surface area contributed by atoms with Gasteiger partial charge in [0.05, 0.1) is 0 Å². The molecule has 0 saturated carbocycles. The summed E-state index contributed by atoms with van der Waals surface area (Å²) in [5.74, 6) is 1.43. The van der Waals surface area contributed by atoms with Crippen LogP contribution in [0.1, 0.15) is 11.1 Å². The molecule has 1 aromatic rings. The van der Waals surface area contributed by atoms with Crippen LogP contribution in [0.4, 0.5) is 0 Å². The highest BCUT2D eigenvalue weighted by Gasteiger charge is 2.01. The SMILES string of the molecule is C=CC(=C)Oc1cccc(C)c1C. The van der Waals surface area contributed by atoms with Crippen molar-refractivity contribution in [3.8, 4) is 5.75 Å². The van der Waals surface area contributed by atoms with Crippen LogP contribution in [0.15, 0.2) is 43.2 Å². The quantitative estimate of drug-likeness (QED) is 0.504. The third-order valence-corrected chi connectivity index (χ3v) is 2.02. The zero-order valence-electron chi connectivity index (χ0n) is 8.13. The van der Waals surface area contributed by atoms with E-state index in [-0.39, 0.29) is 0 Å². The Hall–Kier alpha value is -1.50. The minimum absolute atomic E-state index is 0.577. The fraction of sp³-hybridized carbons (Fsp3) is 0.167. The van der Waals surface area contributed by atoms with Crippen LogP contribution in [0.5, 0.6) is 5.75 Å². The standard InChI is InChI=1S/C12H14O/c1-5-10(3)13-12-8-6-7-9(2)11(12)4/h5-8H,1,3H2,2,4H3. The van der Waals surface area contributed by atoms with Crippen molar-refractivity contribution in [1.82, 2.24) is 0 Å². The van der Waals surface area contributed by atoms with Crippen molar-refractivity contribution in [2.75, 3.05) is 0 Å². The van der Waals surface area contributed by atoms with Gasteiger partial charge in [0.2, 0.25) is 0 Å². The van der Waals surface area contributed by atoms with E-state index >= 15 is 0 Å². The Morgan fingerprint density at radius 2 is 2.08 bits per heavy atom. The molecule has 0 N–H and O–H groups in total. The van der Waals surface area contributed by atoms with E-state index in [0.29, 0.717) is 5.76 Å². The van der Waals surface area contributed by atoms with Crippen molar-refractivity contribution >= 4 is 0 Å². The summed E-state index contributed by atoms with van der Waals surface area (Å²) in [5.41, 5.74) is 2.36. The molecule has 68 valence electrons. The van der Waals surface area contributed by atoms with Gasteiger partial charge in [0.15, 0.2) is 0 Å². The van der Waals surface area contributed by atoms with Crippen molar-refractivity contribution in [2.24, 2.45) is 0 Å². The van der Waals surface area contributed by atoms with E-state index in [9.17, 15) is 0 Å². The van der Waals surface area contributed by atoms with Gasteiger partial charge in [-0.25, -0.2) is 0 Å². The number of aryl methyl sites for hydroxylation is 1. The molecule has 1 heteroatoms. The molecule has 1 nitrogen and oxygen atoms in total. The molecule has 0 aliphatic carbocycles. The average Bonchev–Trinajstić information content (AvgIpc) is 2.13. The summed E-state index contributed by atoms with van der Waals surface area (Å²) in [6.45, 7) is 11.4. The number of ether oxygens (including phenoxy) is 1. The molecule has 0 radical (unpaired) electrons. The first kappa shape index (κ1) is 9.59. The van der Waals surface area contributed by atoms with E-state index in [0.717, 1.165) is 11.3 Å². The molecule has 0 aliphatic heterocycles. The Balaban J connectivity index is 2.95. The third kappa shape index (κ3) is 2.22. The Labute approximate surface area is 79.4 Å². The summed E-state index contributed by atoms with van der Waals surface area (Å²) < 4.78 is 5.46. The second-order valence-electron chi connectivity index (χ2n) is 2.97. The number of rotatable bonds is 3. The number of hydrogen-bond acceptors (Lipinski definition) is 1. The van der Waals surface area contributed by atoms with Gasteiger partial charge in [-0.05, 0) is 37.1 Å². The molecule has 1 rings (SSSR count). The van der Waals surface area contributed by atoms with E-state index < -0.39 is 0 Å². The van der Waals surface area contributed by atoms with Gasteiger partial charge in [-0.15, -0.1) is 0 Å². The zero-order chi connectivity index (χ0) is 9.84. The summed E-state index contributed by atoms with van der Waals surface area (Å²) in [6.07, 6.45) is 1.60. The fourth-order valence-electron chi connectivity index (χ4n) is 1.02. The van der Waals surface area contributed by atoms with Crippen molar-refractivity contribution in [2.45, 2.75) is 13.8 Å². The molecule has 0 fully saturated rings. The molecule has 0 spiro atoms. The second kappa shape index (κ2) is 3.94. The fourth-order valence-corrected chi connectivity index (χ4v) is 1.02. The second-order valence-corrected chi connectivity index (χ2v) is 2.97. The van der Waals surface area contributed by atoms with Gasteiger partial charge >= 0.3 is 0 Å². The van der Waals surface area contributed by atoms with Crippen LogP contribution in [0, 0.1) is 13.8 Å². The van der Waals surface area contributed by atoms with Gasteiger partial charge < -0.3 is 4.74 Å². The monoisotopic (exact) mass is 174 g/mol. The molecule has 0 heterocycles. The van der Waals surface area contributed by atoms with Gasteiger partial charge in [0.25, 0.3) is 0 Å². The van der Waals surface area contributed by atoms with Crippen molar-refractivity contribution in [3.63, 3.8) is 0 Å². The van der Waals surface area contributed by atoms with Gasteiger partial charge in [-0.2, -0.15) is 0 Å². The van der Waals surface area contributed by atoms with Crippen LogP contribution in [0.25, 0.3) is 0 Å². The highest BCUT2D eigenvalue weighted by molar-refractivity contribution is 5.39. The molecular weight excluding hydrogens is 160 g/mol. The first-order valence-electron chi connectivity index (χ1n) is 4.20. The zero-order valence-corrected chi connectivity index (χ0v) is 8.13. The number of hydrogen-bond donors (Lipinski definition) is 0. The lowest BCUT2D eigenvalue weighted by atomic mass is 10.1. The van der Waals surface area contributed by atoms with Crippen LogP contribution in [0.2, 0.25) is 0 Å². The summed E-state index contributed by atoms with van der Waals surface area (Å²) in [4.78, 5) is 0. The van der Waals surface area contributed by atoms with E-state index in [1.165, 1.54) is 5.56 Å². The van der Waals surface area contributed by atoms with Gasteiger partial charge in [-0.1, -0.05) is 25.3 Å². The molecular formula is C12H14O. The Bertz CT molecular complexity index is 337. The molecule has 13 heavy (non-hydrogen) atoms. The lowest BCUT2D eigenvalue weighted by Crippen LogP contribution is -1.93. The van der Waals surface area contributed by atoms with Crippen LogP contribution in [-0.2, 0) is 0 Å². The van der Waals surface area contributed by atoms with E-state index in [2.05, 4.69) is 26.1 Å².